The molecule has 8 heteroatoms. The van der Waals surface area contributed by atoms with Gasteiger partial charge in [-0.3, -0.25) is 23.9 Å². The zero-order chi connectivity index (χ0) is 18.7. The lowest BCUT2D eigenvalue weighted by Gasteiger charge is -2.11. The number of rotatable bonds is 5. The molecule has 0 aliphatic rings. The predicted molar refractivity (Wildman–Crippen MR) is 97.0 cm³/mol. The number of hydrogen-bond acceptors (Lipinski definition) is 4. The van der Waals surface area contributed by atoms with Gasteiger partial charge in [0.2, 0.25) is 5.91 Å². The van der Waals surface area contributed by atoms with Crippen molar-refractivity contribution in [1.82, 2.24) is 9.55 Å². The topological polar surface area (TPSA) is 127 Å². The molecule has 0 spiro atoms. The molecule has 8 nitrogen and oxygen atoms in total. The zero-order valence-electron chi connectivity index (χ0n) is 13.7. The monoisotopic (exact) mass is 352 g/mol. The van der Waals surface area contributed by atoms with Crippen molar-refractivity contribution in [2.24, 2.45) is 5.73 Å². The number of carbonyl (C=O) groups is 2. The Labute approximate surface area is 147 Å². The van der Waals surface area contributed by atoms with Crippen LogP contribution in [0.1, 0.15) is 16.8 Å². The normalized spacial score (nSPS) is 10.6. The molecule has 2 aromatic carbocycles. The molecule has 0 fully saturated rings. The maximum Gasteiger partial charge on any atom is 0.328 e. The van der Waals surface area contributed by atoms with Crippen molar-refractivity contribution >= 4 is 28.4 Å². The van der Waals surface area contributed by atoms with Crippen molar-refractivity contribution in [3.63, 3.8) is 0 Å². The summed E-state index contributed by atoms with van der Waals surface area (Å²) in [6.45, 7) is 0.0701. The summed E-state index contributed by atoms with van der Waals surface area (Å²) in [6.07, 6.45) is -0.0248. The maximum atomic E-state index is 12.2. The number of hydrogen-bond donors (Lipinski definition) is 3. The van der Waals surface area contributed by atoms with Crippen LogP contribution in [-0.4, -0.2) is 21.4 Å². The molecule has 3 aromatic rings. The number of nitrogens with two attached hydrogens (primary N) is 1. The number of nitrogens with zero attached hydrogens (tertiary/aromatic N) is 1. The van der Waals surface area contributed by atoms with Crippen LogP contribution in [0.2, 0.25) is 0 Å². The Kier molecular flexibility index (Phi) is 4.66. The number of nitrogens with one attached hydrogen (secondary N) is 2. The Morgan fingerprint density at radius 1 is 1.04 bits per heavy atom. The van der Waals surface area contributed by atoms with Crippen LogP contribution in [0, 0.1) is 0 Å². The van der Waals surface area contributed by atoms with E-state index in [4.69, 9.17) is 5.73 Å². The third-order valence-corrected chi connectivity index (χ3v) is 3.93. The van der Waals surface area contributed by atoms with E-state index in [-0.39, 0.29) is 24.4 Å². The number of fused-ring (bicyclic) bond motifs is 1. The summed E-state index contributed by atoms with van der Waals surface area (Å²) in [5.74, 6) is -1.04. The van der Waals surface area contributed by atoms with Gasteiger partial charge in [-0.15, -0.1) is 0 Å². The molecule has 26 heavy (non-hydrogen) atoms. The minimum Gasteiger partial charge on any atom is -0.366 e. The average Bonchev–Trinajstić information content (AvgIpc) is 2.62. The first-order valence-electron chi connectivity index (χ1n) is 7.88. The SMILES string of the molecule is NC(=O)c1ccccc1NC(=O)CCn1c(=O)[nH]c(=O)c2ccccc21. The lowest BCUT2D eigenvalue weighted by Crippen LogP contribution is -2.31. The van der Waals surface area contributed by atoms with E-state index in [1.165, 1.54) is 10.6 Å². The summed E-state index contributed by atoms with van der Waals surface area (Å²) in [5.41, 5.74) is 5.19. The largest absolute Gasteiger partial charge is 0.366 e. The van der Waals surface area contributed by atoms with E-state index in [9.17, 15) is 19.2 Å². The highest BCUT2D eigenvalue weighted by atomic mass is 16.2. The third-order valence-electron chi connectivity index (χ3n) is 3.93. The van der Waals surface area contributed by atoms with Crippen molar-refractivity contribution < 1.29 is 9.59 Å². The standard InChI is InChI=1S/C18H16N4O4/c19-16(24)11-5-1-3-7-13(11)20-15(23)9-10-22-14-8-4-2-6-12(14)17(25)21-18(22)26/h1-8H,9-10H2,(H2,19,24)(H,20,23)(H,21,25,26). The van der Waals surface area contributed by atoms with Crippen LogP contribution in [0.5, 0.6) is 0 Å². The molecule has 0 bridgehead atoms. The Morgan fingerprint density at radius 2 is 1.73 bits per heavy atom. The van der Waals surface area contributed by atoms with Crippen LogP contribution in [0.25, 0.3) is 10.9 Å². The Hall–Kier alpha value is -3.68. The molecule has 0 saturated carbocycles. The van der Waals surface area contributed by atoms with Gasteiger partial charge < -0.3 is 11.1 Å². The number of anilines is 1. The van der Waals surface area contributed by atoms with Crippen molar-refractivity contribution in [1.29, 1.82) is 0 Å². The zero-order valence-corrected chi connectivity index (χ0v) is 13.7. The van der Waals surface area contributed by atoms with Gasteiger partial charge in [0, 0.05) is 13.0 Å². The van der Waals surface area contributed by atoms with Gasteiger partial charge >= 0.3 is 5.69 Å². The van der Waals surface area contributed by atoms with Crippen molar-refractivity contribution in [3.8, 4) is 0 Å². The van der Waals surface area contributed by atoms with Gasteiger partial charge in [-0.05, 0) is 24.3 Å². The second kappa shape index (κ2) is 7.06. The second-order valence-corrected chi connectivity index (χ2v) is 5.64. The molecule has 1 heterocycles. The second-order valence-electron chi connectivity index (χ2n) is 5.64. The molecule has 2 amide bonds. The van der Waals surface area contributed by atoms with Crippen LogP contribution in [0.15, 0.2) is 58.1 Å². The molecule has 0 saturated heterocycles. The number of para-hydroxylation sites is 2. The number of amides is 2. The van der Waals surface area contributed by atoms with Gasteiger partial charge in [-0.25, -0.2) is 4.79 Å². The molecular weight excluding hydrogens is 336 g/mol. The quantitative estimate of drug-likeness (QED) is 0.628. The summed E-state index contributed by atoms with van der Waals surface area (Å²) in [7, 11) is 0. The molecule has 0 aliphatic heterocycles. The molecule has 132 valence electrons. The number of benzene rings is 2. The first kappa shape index (κ1) is 17.2. The molecule has 3 rings (SSSR count). The number of aromatic amines is 1. The van der Waals surface area contributed by atoms with E-state index in [0.717, 1.165) is 0 Å². The molecular formula is C18H16N4O4. The van der Waals surface area contributed by atoms with Crippen molar-refractivity contribution in [2.45, 2.75) is 13.0 Å². The highest BCUT2D eigenvalue weighted by molar-refractivity contribution is 6.02. The van der Waals surface area contributed by atoms with E-state index >= 15 is 0 Å². The van der Waals surface area contributed by atoms with Crippen LogP contribution in [-0.2, 0) is 11.3 Å². The molecule has 0 radical (unpaired) electrons. The lowest BCUT2D eigenvalue weighted by molar-refractivity contribution is -0.116. The Morgan fingerprint density at radius 3 is 2.50 bits per heavy atom. The first-order chi connectivity index (χ1) is 12.5. The Balaban J connectivity index is 1.81. The minimum atomic E-state index is -0.649. The van der Waals surface area contributed by atoms with Crippen LogP contribution in [0.4, 0.5) is 5.69 Å². The van der Waals surface area contributed by atoms with Crippen LogP contribution >= 0.6 is 0 Å². The number of aryl methyl sites for hydroxylation is 1. The summed E-state index contributed by atoms with van der Waals surface area (Å²) < 4.78 is 1.33. The molecule has 0 unspecified atom stereocenters. The van der Waals surface area contributed by atoms with E-state index in [1.54, 1.807) is 42.5 Å². The van der Waals surface area contributed by atoms with Gasteiger partial charge in [-0.2, -0.15) is 0 Å². The summed E-state index contributed by atoms with van der Waals surface area (Å²) in [6, 6.07) is 13.0. The summed E-state index contributed by atoms with van der Waals surface area (Å²) in [4.78, 5) is 49.8. The van der Waals surface area contributed by atoms with E-state index in [1.807, 2.05) is 0 Å². The summed E-state index contributed by atoms with van der Waals surface area (Å²) in [5, 5.41) is 2.98. The Bertz CT molecular complexity index is 1110. The maximum absolute atomic E-state index is 12.2. The number of primary amides is 1. The third kappa shape index (κ3) is 3.39. The fourth-order valence-corrected chi connectivity index (χ4v) is 2.70. The van der Waals surface area contributed by atoms with Gasteiger partial charge in [0.1, 0.15) is 0 Å². The van der Waals surface area contributed by atoms with E-state index < -0.39 is 17.2 Å². The van der Waals surface area contributed by atoms with Gasteiger partial charge in [0.15, 0.2) is 0 Å². The predicted octanol–water partition coefficient (Wildman–Crippen LogP) is 0.818. The van der Waals surface area contributed by atoms with Crippen LogP contribution < -0.4 is 22.3 Å². The number of aromatic nitrogens is 2. The number of carbonyl (C=O) groups excluding carboxylic acids is 2. The van der Waals surface area contributed by atoms with Crippen molar-refractivity contribution in [3.05, 3.63) is 74.9 Å². The van der Waals surface area contributed by atoms with Gasteiger partial charge in [-0.1, -0.05) is 24.3 Å². The highest BCUT2D eigenvalue weighted by Crippen LogP contribution is 2.15. The number of H-pyrrole nitrogens is 1. The molecule has 4 N–H and O–H groups in total. The van der Waals surface area contributed by atoms with E-state index in [2.05, 4.69) is 10.3 Å². The first-order valence-corrected chi connectivity index (χ1v) is 7.88. The smallest absolute Gasteiger partial charge is 0.328 e. The summed E-state index contributed by atoms with van der Waals surface area (Å²) >= 11 is 0. The minimum absolute atomic E-state index is 0.0248. The van der Waals surface area contributed by atoms with E-state index in [0.29, 0.717) is 16.6 Å². The van der Waals surface area contributed by atoms with Gasteiger partial charge in [0.05, 0.1) is 22.2 Å². The fourth-order valence-electron chi connectivity index (χ4n) is 2.70. The molecule has 1 aromatic heterocycles. The molecule has 0 aliphatic carbocycles. The highest BCUT2D eigenvalue weighted by Gasteiger charge is 2.12. The fraction of sp³-hybridized carbons (Fsp3) is 0.111. The van der Waals surface area contributed by atoms with Crippen molar-refractivity contribution in [2.75, 3.05) is 5.32 Å². The molecule has 0 atom stereocenters. The van der Waals surface area contributed by atoms with Gasteiger partial charge in [0.25, 0.3) is 11.5 Å². The lowest BCUT2D eigenvalue weighted by atomic mass is 10.1. The van der Waals surface area contributed by atoms with Crippen LogP contribution in [0.3, 0.4) is 0 Å². The average molecular weight is 352 g/mol.